The number of aromatic amines is 1. The van der Waals surface area contributed by atoms with Crippen LogP contribution in [0.1, 0.15) is 24.4 Å². The monoisotopic (exact) mass is 330 g/mol. The number of H-pyrrole nitrogens is 1. The van der Waals surface area contributed by atoms with Crippen molar-refractivity contribution in [1.82, 2.24) is 9.55 Å². The van der Waals surface area contributed by atoms with Gasteiger partial charge in [0.05, 0.1) is 11.7 Å². The molecule has 1 aliphatic rings. The highest BCUT2D eigenvalue weighted by molar-refractivity contribution is 9.11. The van der Waals surface area contributed by atoms with Gasteiger partial charge >= 0.3 is 5.69 Å². The molecule has 1 saturated carbocycles. The third kappa shape index (κ3) is 2.88. The summed E-state index contributed by atoms with van der Waals surface area (Å²) in [5.41, 5.74) is -0.583. The fourth-order valence-electron chi connectivity index (χ4n) is 2.46. The molecule has 19 heavy (non-hydrogen) atoms. The predicted molar refractivity (Wildman–Crippen MR) is 74.1 cm³/mol. The Morgan fingerprint density at radius 3 is 2.79 bits per heavy atom. The van der Waals surface area contributed by atoms with Crippen molar-refractivity contribution in [3.63, 3.8) is 0 Å². The molecule has 0 aromatic carbocycles. The maximum Gasteiger partial charge on any atom is 0.328 e. The number of hydrogen-bond acceptors (Lipinski definition) is 4. The highest BCUT2D eigenvalue weighted by atomic mass is 79.9. The Hall–Kier alpha value is -1.18. The van der Waals surface area contributed by atoms with Crippen LogP contribution in [0.5, 0.6) is 0 Å². The fraction of sp³-hybridized carbons (Fsp3) is 0.500. The molecule has 3 N–H and O–H groups in total. The van der Waals surface area contributed by atoms with Crippen LogP contribution < -0.4 is 11.2 Å². The Labute approximate surface area is 117 Å². The van der Waals surface area contributed by atoms with Crippen molar-refractivity contribution < 1.29 is 10.2 Å². The van der Waals surface area contributed by atoms with Crippen LogP contribution in [0.15, 0.2) is 20.8 Å². The van der Waals surface area contributed by atoms with E-state index in [1.165, 1.54) is 15.7 Å². The number of nitrogens with one attached hydrogen (secondary N) is 1. The molecule has 1 fully saturated rings. The number of aliphatic hydroxyl groups excluding tert-OH is 2. The van der Waals surface area contributed by atoms with Crippen LogP contribution in [0, 0.1) is 5.92 Å². The first kappa shape index (κ1) is 14.2. The van der Waals surface area contributed by atoms with E-state index >= 15 is 0 Å². The Kier molecular flexibility index (Phi) is 4.38. The first-order chi connectivity index (χ1) is 9.06. The molecule has 0 spiro atoms. The smallest absolute Gasteiger partial charge is 0.328 e. The van der Waals surface area contributed by atoms with E-state index in [2.05, 4.69) is 20.9 Å². The van der Waals surface area contributed by atoms with Gasteiger partial charge < -0.3 is 10.2 Å². The zero-order valence-corrected chi connectivity index (χ0v) is 11.7. The van der Waals surface area contributed by atoms with Crippen LogP contribution in [-0.4, -0.2) is 32.5 Å². The summed E-state index contributed by atoms with van der Waals surface area (Å²) in [7, 11) is 0. The van der Waals surface area contributed by atoms with E-state index in [0.717, 1.165) is 0 Å². The Morgan fingerprint density at radius 1 is 1.47 bits per heavy atom. The summed E-state index contributed by atoms with van der Waals surface area (Å²) < 4.78 is 1.42. The van der Waals surface area contributed by atoms with E-state index < -0.39 is 17.4 Å². The number of rotatable bonds is 3. The van der Waals surface area contributed by atoms with E-state index in [0.29, 0.717) is 18.4 Å². The highest BCUT2D eigenvalue weighted by Gasteiger charge is 2.34. The van der Waals surface area contributed by atoms with E-state index in [9.17, 15) is 14.7 Å². The quantitative estimate of drug-likeness (QED) is 0.738. The second-order valence-electron chi connectivity index (χ2n) is 4.68. The van der Waals surface area contributed by atoms with Crippen LogP contribution in [0.25, 0.3) is 6.08 Å². The van der Waals surface area contributed by atoms with Crippen molar-refractivity contribution in [2.75, 3.05) is 6.61 Å². The summed E-state index contributed by atoms with van der Waals surface area (Å²) in [4.78, 5) is 27.2. The molecule has 1 aliphatic carbocycles. The maximum absolute atomic E-state index is 11.8. The van der Waals surface area contributed by atoms with E-state index in [4.69, 9.17) is 5.11 Å². The van der Waals surface area contributed by atoms with Gasteiger partial charge in [-0.3, -0.25) is 14.3 Å². The minimum absolute atomic E-state index is 0.107. The van der Waals surface area contributed by atoms with Crippen LogP contribution in [0.2, 0.25) is 0 Å². The molecule has 2 rings (SSSR count). The number of aromatic nitrogens is 2. The van der Waals surface area contributed by atoms with Crippen molar-refractivity contribution in [3.05, 3.63) is 37.6 Å². The van der Waals surface area contributed by atoms with Gasteiger partial charge in [-0.2, -0.15) is 0 Å². The molecule has 0 bridgehead atoms. The Bertz CT molecular complexity index is 592. The first-order valence-electron chi connectivity index (χ1n) is 5.98. The molecule has 6 nitrogen and oxygen atoms in total. The average molecular weight is 331 g/mol. The molecule has 1 aromatic rings. The van der Waals surface area contributed by atoms with Crippen molar-refractivity contribution in [2.45, 2.75) is 25.0 Å². The van der Waals surface area contributed by atoms with Crippen LogP contribution >= 0.6 is 15.9 Å². The third-order valence-corrected chi connectivity index (χ3v) is 3.76. The van der Waals surface area contributed by atoms with Crippen molar-refractivity contribution in [2.24, 2.45) is 5.92 Å². The van der Waals surface area contributed by atoms with E-state index in [-0.39, 0.29) is 18.6 Å². The van der Waals surface area contributed by atoms with Gasteiger partial charge in [0.15, 0.2) is 0 Å². The van der Waals surface area contributed by atoms with Gasteiger partial charge in [0, 0.05) is 24.8 Å². The van der Waals surface area contributed by atoms with Crippen LogP contribution in [-0.2, 0) is 0 Å². The third-order valence-electron chi connectivity index (χ3n) is 3.50. The molecule has 0 saturated heterocycles. The van der Waals surface area contributed by atoms with Gasteiger partial charge in [-0.15, -0.1) is 0 Å². The zero-order chi connectivity index (χ0) is 14.0. The lowest BCUT2D eigenvalue weighted by Crippen LogP contribution is -2.32. The summed E-state index contributed by atoms with van der Waals surface area (Å²) in [6.07, 6.45) is 3.32. The summed E-state index contributed by atoms with van der Waals surface area (Å²) in [5, 5.41) is 18.9. The normalized spacial score (nSPS) is 27.2. The topological polar surface area (TPSA) is 95.3 Å². The molecule has 1 heterocycles. The van der Waals surface area contributed by atoms with Gasteiger partial charge in [0.1, 0.15) is 0 Å². The van der Waals surface area contributed by atoms with Gasteiger partial charge in [-0.05, 0) is 23.9 Å². The Morgan fingerprint density at radius 2 is 2.21 bits per heavy atom. The molecule has 0 radical (unpaired) electrons. The standard InChI is InChI=1S/C12H15BrN2O4/c13-2-1-7-5-15(12(19)14-11(7)18)9-3-8(6-16)10(17)4-9/h1-2,5,8-10,16-17H,3-4,6H2,(H,14,18,19)/b2-1+/t8-,9-,10-/m1/s1. The van der Waals surface area contributed by atoms with Gasteiger partial charge in [0.2, 0.25) is 0 Å². The fourth-order valence-corrected chi connectivity index (χ4v) is 2.74. The van der Waals surface area contributed by atoms with E-state index in [1.807, 2.05) is 0 Å². The van der Waals surface area contributed by atoms with E-state index in [1.54, 1.807) is 6.08 Å². The van der Waals surface area contributed by atoms with Gasteiger partial charge in [-0.1, -0.05) is 15.9 Å². The predicted octanol–water partition coefficient (Wildman–Crippen LogP) is 0.207. The molecule has 0 unspecified atom stereocenters. The molecule has 0 aliphatic heterocycles. The molecule has 104 valence electrons. The summed E-state index contributed by atoms with van der Waals surface area (Å²) >= 11 is 3.08. The summed E-state index contributed by atoms with van der Waals surface area (Å²) in [6.45, 7) is -0.107. The second-order valence-corrected chi connectivity index (χ2v) is 5.21. The minimum atomic E-state index is -0.621. The minimum Gasteiger partial charge on any atom is -0.396 e. The SMILES string of the molecule is O=c1[nH]c(=O)n([C@@H]2C[C@H](CO)[C@H](O)C2)cc1/C=C/Br. The zero-order valence-electron chi connectivity index (χ0n) is 10.1. The highest BCUT2D eigenvalue weighted by Crippen LogP contribution is 2.33. The molecular formula is C12H15BrN2O4. The maximum atomic E-state index is 11.8. The average Bonchev–Trinajstić information content (AvgIpc) is 2.74. The summed E-state index contributed by atoms with van der Waals surface area (Å²) in [5.74, 6) is -0.223. The second kappa shape index (κ2) is 5.85. The van der Waals surface area contributed by atoms with Gasteiger partial charge in [0.25, 0.3) is 5.56 Å². The molecular weight excluding hydrogens is 316 g/mol. The molecule has 7 heteroatoms. The van der Waals surface area contributed by atoms with Crippen LogP contribution in [0.3, 0.4) is 0 Å². The molecule has 0 amide bonds. The first-order valence-corrected chi connectivity index (χ1v) is 6.89. The largest absolute Gasteiger partial charge is 0.396 e. The lowest BCUT2D eigenvalue weighted by Gasteiger charge is -2.13. The lowest BCUT2D eigenvalue weighted by molar-refractivity contribution is 0.0906. The van der Waals surface area contributed by atoms with Crippen molar-refractivity contribution >= 4 is 22.0 Å². The lowest BCUT2D eigenvalue weighted by atomic mass is 10.1. The number of aliphatic hydroxyl groups is 2. The number of hydrogen-bond donors (Lipinski definition) is 3. The Balaban J connectivity index is 2.38. The van der Waals surface area contributed by atoms with Crippen LogP contribution in [0.4, 0.5) is 0 Å². The number of nitrogens with zero attached hydrogens (tertiary/aromatic N) is 1. The molecule has 3 atom stereocenters. The van der Waals surface area contributed by atoms with Gasteiger partial charge in [-0.25, -0.2) is 4.79 Å². The van der Waals surface area contributed by atoms with Crippen molar-refractivity contribution in [3.8, 4) is 0 Å². The van der Waals surface area contributed by atoms with Crippen molar-refractivity contribution in [1.29, 1.82) is 0 Å². The summed E-state index contributed by atoms with van der Waals surface area (Å²) in [6, 6.07) is -0.209. The number of halogens is 1. The molecule has 1 aromatic heterocycles.